The van der Waals surface area contributed by atoms with Crippen LogP contribution < -0.4 is 10.6 Å². The van der Waals surface area contributed by atoms with E-state index in [0.29, 0.717) is 24.9 Å². The van der Waals surface area contributed by atoms with Crippen LogP contribution in [-0.2, 0) is 24.3 Å². The highest BCUT2D eigenvalue weighted by Crippen LogP contribution is 2.32. The summed E-state index contributed by atoms with van der Waals surface area (Å²) >= 11 is 1.70. The van der Waals surface area contributed by atoms with Crippen LogP contribution >= 0.6 is 11.3 Å². The summed E-state index contributed by atoms with van der Waals surface area (Å²) in [6.07, 6.45) is 9.33. The van der Waals surface area contributed by atoms with Gasteiger partial charge in [-0.25, -0.2) is 0 Å². The Kier molecular flexibility index (Phi) is 6.11. The van der Waals surface area contributed by atoms with Gasteiger partial charge in [0.2, 0.25) is 5.91 Å². The number of nitrogens with zero attached hydrogens (tertiary/aromatic N) is 2. The van der Waals surface area contributed by atoms with Gasteiger partial charge in [-0.3, -0.25) is 14.6 Å². The SMILES string of the molecule is C=C1CCC(N2Cc3cc(C[C@H]4CCCC[C@@H]4NCc4cncs4)ccc3C2=O)C(=O)N1. The Morgan fingerprint density at radius 3 is 2.91 bits per heavy atom. The topological polar surface area (TPSA) is 74.3 Å². The second kappa shape index (κ2) is 9.16. The van der Waals surface area contributed by atoms with Gasteiger partial charge in [-0.05, 0) is 55.2 Å². The minimum Gasteiger partial charge on any atom is -0.329 e. The maximum absolute atomic E-state index is 13.0. The van der Waals surface area contributed by atoms with Gasteiger partial charge in [-0.15, -0.1) is 11.3 Å². The lowest BCUT2D eigenvalue weighted by atomic mass is 9.80. The minimum absolute atomic E-state index is 0.0269. The first-order chi connectivity index (χ1) is 15.6. The Labute approximate surface area is 193 Å². The zero-order chi connectivity index (χ0) is 22.1. The smallest absolute Gasteiger partial charge is 0.255 e. The quantitative estimate of drug-likeness (QED) is 0.702. The summed E-state index contributed by atoms with van der Waals surface area (Å²) in [4.78, 5) is 32.6. The average molecular weight is 451 g/mol. The zero-order valence-corrected chi connectivity index (χ0v) is 19.1. The number of piperidine rings is 1. The highest BCUT2D eigenvalue weighted by Gasteiger charge is 2.38. The molecule has 3 aliphatic rings. The van der Waals surface area contributed by atoms with Gasteiger partial charge in [0.15, 0.2) is 0 Å². The Morgan fingerprint density at radius 1 is 1.22 bits per heavy atom. The average Bonchev–Trinajstić information content (AvgIpc) is 3.41. The summed E-state index contributed by atoms with van der Waals surface area (Å²) < 4.78 is 0. The van der Waals surface area contributed by atoms with Gasteiger partial charge in [0, 0.05) is 41.5 Å². The van der Waals surface area contributed by atoms with Crippen molar-refractivity contribution in [2.75, 3.05) is 0 Å². The summed E-state index contributed by atoms with van der Waals surface area (Å²) in [6.45, 7) is 5.24. The van der Waals surface area contributed by atoms with Gasteiger partial charge in [-0.2, -0.15) is 0 Å². The number of nitrogens with one attached hydrogen (secondary N) is 2. The lowest BCUT2D eigenvalue weighted by Crippen LogP contribution is -2.49. The van der Waals surface area contributed by atoms with E-state index in [0.717, 1.165) is 36.2 Å². The third-order valence-electron chi connectivity index (χ3n) is 7.13. The van der Waals surface area contributed by atoms with Gasteiger partial charge < -0.3 is 15.5 Å². The van der Waals surface area contributed by atoms with E-state index in [1.165, 1.54) is 36.1 Å². The van der Waals surface area contributed by atoms with E-state index in [9.17, 15) is 9.59 Å². The van der Waals surface area contributed by atoms with Crippen LogP contribution in [0, 0.1) is 5.92 Å². The van der Waals surface area contributed by atoms with Gasteiger partial charge >= 0.3 is 0 Å². The highest BCUT2D eigenvalue weighted by atomic mass is 32.1. The van der Waals surface area contributed by atoms with Crippen molar-refractivity contribution >= 4 is 23.2 Å². The molecule has 32 heavy (non-hydrogen) atoms. The predicted octanol–water partition coefficient (Wildman–Crippen LogP) is 3.78. The van der Waals surface area contributed by atoms with E-state index in [4.69, 9.17) is 0 Å². The number of hydrogen-bond acceptors (Lipinski definition) is 5. The second-order valence-electron chi connectivity index (χ2n) is 9.28. The summed E-state index contributed by atoms with van der Waals surface area (Å²) in [5, 5.41) is 6.58. The first-order valence-electron chi connectivity index (χ1n) is 11.6. The van der Waals surface area contributed by atoms with Crippen molar-refractivity contribution < 1.29 is 9.59 Å². The number of aromatic nitrogens is 1. The van der Waals surface area contributed by atoms with Crippen LogP contribution in [0.1, 0.15) is 64.9 Å². The molecule has 1 saturated carbocycles. The van der Waals surface area contributed by atoms with Crippen molar-refractivity contribution in [1.29, 1.82) is 0 Å². The number of thiazole rings is 1. The predicted molar refractivity (Wildman–Crippen MR) is 125 cm³/mol. The molecule has 1 saturated heterocycles. The van der Waals surface area contributed by atoms with Crippen LogP contribution in [0.15, 0.2) is 42.2 Å². The maximum atomic E-state index is 13.0. The largest absolute Gasteiger partial charge is 0.329 e. The summed E-state index contributed by atoms with van der Waals surface area (Å²) in [6, 6.07) is 6.38. The Bertz CT molecular complexity index is 1020. The number of hydrogen-bond donors (Lipinski definition) is 2. The fourth-order valence-electron chi connectivity index (χ4n) is 5.42. The summed E-state index contributed by atoms with van der Waals surface area (Å²) in [5.41, 5.74) is 5.71. The standard InChI is InChI=1S/C25H30N4O2S/c1-16-6-9-23(24(30)28-16)29-14-19-11-17(7-8-21(19)25(29)31)10-18-4-2-3-5-22(18)27-13-20-12-26-15-32-20/h7-8,11-12,15,18,22-23,27H,1-6,9-10,13-14H2,(H,28,30)/t18-,22+,23?/m1/s1. The minimum atomic E-state index is -0.400. The third-order valence-corrected chi connectivity index (χ3v) is 7.91. The Hall–Kier alpha value is -2.51. The Balaban J connectivity index is 1.26. The normalized spacial score (nSPS) is 25.7. The van der Waals surface area contributed by atoms with Crippen molar-refractivity contribution in [3.05, 3.63) is 63.7 Å². The molecule has 3 heterocycles. The lowest BCUT2D eigenvalue weighted by molar-refractivity contribution is -0.126. The van der Waals surface area contributed by atoms with Crippen molar-refractivity contribution in [2.24, 2.45) is 5.92 Å². The van der Waals surface area contributed by atoms with Crippen molar-refractivity contribution in [2.45, 2.75) is 70.1 Å². The molecule has 1 unspecified atom stereocenters. The molecule has 2 aliphatic heterocycles. The number of benzene rings is 1. The van der Waals surface area contributed by atoms with Crippen LogP contribution in [0.5, 0.6) is 0 Å². The van der Waals surface area contributed by atoms with Crippen LogP contribution in [0.2, 0.25) is 0 Å². The van der Waals surface area contributed by atoms with Crippen molar-refractivity contribution in [3.8, 4) is 0 Å². The first kappa shape index (κ1) is 21.3. The monoisotopic (exact) mass is 450 g/mol. The highest BCUT2D eigenvalue weighted by molar-refractivity contribution is 7.09. The molecular weight excluding hydrogens is 420 g/mol. The Morgan fingerprint density at radius 2 is 2.09 bits per heavy atom. The van der Waals surface area contributed by atoms with Crippen LogP contribution in [0.25, 0.3) is 0 Å². The van der Waals surface area contributed by atoms with Gasteiger partial charge in [0.1, 0.15) is 6.04 Å². The fraction of sp³-hybridized carbons (Fsp3) is 0.480. The molecule has 5 rings (SSSR count). The zero-order valence-electron chi connectivity index (χ0n) is 18.3. The van der Waals surface area contributed by atoms with E-state index in [-0.39, 0.29) is 11.8 Å². The number of rotatable bonds is 6. The van der Waals surface area contributed by atoms with Crippen molar-refractivity contribution in [1.82, 2.24) is 20.5 Å². The third kappa shape index (κ3) is 4.36. The number of fused-ring (bicyclic) bond motifs is 1. The van der Waals surface area contributed by atoms with E-state index in [1.54, 1.807) is 16.2 Å². The number of allylic oxidation sites excluding steroid dienone is 1. The van der Waals surface area contributed by atoms with Crippen LogP contribution in [0.4, 0.5) is 0 Å². The van der Waals surface area contributed by atoms with E-state index < -0.39 is 6.04 Å². The van der Waals surface area contributed by atoms with Gasteiger partial charge in [0.05, 0.1) is 5.51 Å². The molecule has 168 valence electrons. The summed E-state index contributed by atoms with van der Waals surface area (Å²) in [5.74, 6) is 0.457. The molecule has 0 bridgehead atoms. The molecule has 7 heteroatoms. The molecule has 2 amide bonds. The van der Waals surface area contributed by atoms with E-state index >= 15 is 0 Å². The molecule has 2 N–H and O–H groups in total. The molecule has 0 spiro atoms. The molecule has 6 nitrogen and oxygen atoms in total. The second-order valence-corrected chi connectivity index (χ2v) is 10.2. The molecule has 2 fully saturated rings. The van der Waals surface area contributed by atoms with Crippen LogP contribution in [0.3, 0.4) is 0 Å². The molecule has 3 atom stereocenters. The van der Waals surface area contributed by atoms with Crippen LogP contribution in [-0.4, -0.2) is 33.8 Å². The molecule has 2 aromatic rings. The first-order valence-corrected chi connectivity index (χ1v) is 12.5. The molecule has 1 aliphatic carbocycles. The number of carbonyl (C=O) groups excluding carboxylic acids is 2. The van der Waals surface area contributed by atoms with Gasteiger partial charge in [-0.1, -0.05) is 31.6 Å². The molecule has 0 radical (unpaired) electrons. The lowest BCUT2D eigenvalue weighted by Gasteiger charge is -2.32. The molecular formula is C25H30N4O2S. The summed E-state index contributed by atoms with van der Waals surface area (Å²) in [7, 11) is 0. The van der Waals surface area contributed by atoms with Gasteiger partial charge in [0.25, 0.3) is 5.91 Å². The number of carbonyl (C=O) groups is 2. The van der Waals surface area contributed by atoms with Crippen molar-refractivity contribution in [3.63, 3.8) is 0 Å². The molecule has 1 aromatic carbocycles. The fourth-order valence-corrected chi connectivity index (χ4v) is 5.96. The van der Waals surface area contributed by atoms with E-state index in [1.807, 2.05) is 17.8 Å². The number of amides is 2. The van der Waals surface area contributed by atoms with E-state index in [2.05, 4.69) is 34.3 Å². The molecule has 1 aromatic heterocycles. The maximum Gasteiger partial charge on any atom is 0.255 e.